The first-order chi connectivity index (χ1) is 7.77. The molecule has 2 rings (SSSR count). The molecule has 0 atom stereocenters. The van der Waals surface area contributed by atoms with Gasteiger partial charge in [-0.15, -0.1) is 0 Å². The van der Waals surface area contributed by atoms with Crippen LogP contribution < -0.4 is 5.32 Å². The number of aromatic nitrogens is 1. The van der Waals surface area contributed by atoms with E-state index in [-0.39, 0.29) is 11.7 Å². The van der Waals surface area contributed by atoms with E-state index in [0.29, 0.717) is 11.6 Å². The molecule has 0 unspecified atom stereocenters. The molecular weight excluding hydrogens is 228 g/mol. The Hall–Kier alpha value is -1.81. The lowest BCUT2D eigenvalue weighted by Gasteiger charge is -2.04. The van der Waals surface area contributed by atoms with Crippen molar-refractivity contribution in [2.24, 2.45) is 0 Å². The molecule has 1 aromatic carbocycles. The van der Waals surface area contributed by atoms with Crippen LogP contribution in [0.25, 0.3) is 0 Å². The Bertz CT molecular complexity index is 482. The summed E-state index contributed by atoms with van der Waals surface area (Å²) in [5.74, 6) is -0.121. The van der Waals surface area contributed by atoms with E-state index in [2.05, 4.69) is 10.5 Å². The van der Waals surface area contributed by atoms with E-state index in [0.717, 1.165) is 5.56 Å². The van der Waals surface area contributed by atoms with Gasteiger partial charge in [0.1, 0.15) is 0 Å². The number of carbonyl (C=O) groups excluding carboxylic acids is 1. The average Bonchev–Trinajstić information content (AvgIpc) is 2.81. The van der Waals surface area contributed by atoms with Gasteiger partial charge in [-0.25, -0.2) is 0 Å². The molecule has 0 radical (unpaired) electrons. The first-order valence-corrected chi connectivity index (χ1v) is 5.07. The molecule has 0 fully saturated rings. The molecule has 1 heterocycles. The normalized spacial score (nSPS) is 10.1. The van der Waals surface area contributed by atoms with Gasteiger partial charge in [0.2, 0.25) is 5.76 Å². The number of nitrogens with one attached hydrogen (secondary N) is 1. The molecule has 0 bridgehead atoms. The third kappa shape index (κ3) is 2.41. The average molecular weight is 237 g/mol. The summed E-state index contributed by atoms with van der Waals surface area (Å²) >= 11 is 5.95. The number of nitrogens with zero attached hydrogens (tertiary/aromatic N) is 1. The Kier molecular flexibility index (Phi) is 3.22. The number of halogens is 1. The van der Waals surface area contributed by atoms with Gasteiger partial charge in [0.25, 0.3) is 5.91 Å². The number of benzene rings is 1. The molecule has 16 heavy (non-hydrogen) atoms. The second-order valence-corrected chi connectivity index (χ2v) is 3.56. The first kappa shape index (κ1) is 10.7. The lowest BCUT2D eigenvalue weighted by atomic mass is 10.2. The van der Waals surface area contributed by atoms with Crippen LogP contribution >= 0.6 is 11.6 Å². The summed E-state index contributed by atoms with van der Waals surface area (Å²) in [6, 6.07) is 8.83. The fourth-order valence-electron chi connectivity index (χ4n) is 1.24. The molecule has 0 aliphatic rings. The maximum Gasteiger partial charge on any atom is 0.290 e. The van der Waals surface area contributed by atoms with Crippen molar-refractivity contribution in [3.63, 3.8) is 0 Å². The summed E-state index contributed by atoms with van der Waals surface area (Å²) in [6.45, 7) is 0.360. The van der Waals surface area contributed by atoms with Gasteiger partial charge >= 0.3 is 0 Å². The highest BCUT2D eigenvalue weighted by atomic mass is 35.5. The Morgan fingerprint density at radius 3 is 2.88 bits per heavy atom. The second-order valence-electron chi connectivity index (χ2n) is 3.15. The van der Waals surface area contributed by atoms with Gasteiger partial charge in [-0.05, 0) is 11.6 Å². The Balaban J connectivity index is 1.98. The van der Waals surface area contributed by atoms with E-state index in [1.165, 1.54) is 12.3 Å². The van der Waals surface area contributed by atoms with Crippen LogP contribution in [0, 0.1) is 0 Å². The lowest BCUT2D eigenvalue weighted by molar-refractivity contribution is 0.0914. The van der Waals surface area contributed by atoms with Crippen LogP contribution in [0.3, 0.4) is 0 Å². The predicted octanol–water partition coefficient (Wildman–Crippen LogP) is 2.26. The molecule has 1 N–H and O–H groups in total. The van der Waals surface area contributed by atoms with Crippen molar-refractivity contribution in [3.8, 4) is 0 Å². The highest BCUT2D eigenvalue weighted by Gasteiger charge is 2.09. The summed E-state index contributed by atoms with van der Waals surface area (Å²) in [5, 5.41) is 6.76. The van der Waals surface area contributed by atoms with Gasteiger partial charge < -0.3 is 9.84 Å². The van der Waals surface area contributed by atoms with Gasteiger partial charge in [-0.2, -0.15) is 0 Å². The maximum atomic E-state index is 11.5. The summed E-state index contributed by atoms with van der Waals surface area (Å²) in [4.78, 5) is 11.5. The smallest absolute Gasteiger partial charge is 0.290 e. The number of carbonyl (C=O) groups is 1. The Morgan fingerprint density at radius 2 is 2.19 bits per heavy atom. The van der Waals surface area contributed by atoms with Crippen molar-refractivity contribution < 1.29 is 9.32 Å². The zero-order chi connectivity index (χ0) is 11.4. The molecule has 1 amide bonds. The van der Waals surface area contributed by atoms with Gasteiger partial charge in [-0.3, -0.25) is 4.79 Å². The summed E-state index contributed by atoms with van der Waals surface area (Å²) in [7, 11) is 0. The van der Waals surface area contributed by atoms with Crippen molar-refractivity contribution in [1.82, 2.24) is 10.5 Å². The fourth-order valence-corrected chi connectivity index (χ4v) is 1.44. The number of hydrogen-bond donors (Lipinski definition) is 1. The van der Waals surface area contributed by atoms with Crippen molar-refractivity contribution in [1.29, 1.82) is 0 Å². The van der Waals surface area contributed by atoms with E-state index in [1.807, 2.05) is 18.2 Å². The van der Waals surface area contributed by atoms with Gasteiger partial charge in [0.15, 0.2) is 0 Å². The Labute approximate surface area is 97.2 Å². The van der Waals surface area contributed by atoms with E-state index >= 15 is 0 Å². The van der Waals surface area contributed by atoms with Crippen molar-refractivity contribution >= 4 is 17.5 Å². The quantitative estimate of drug-likeness (QED) is 0.889. The molecule has 0 spiro atoms. The fraction of sp³-hybridized carbons (Fsp3) is 0.0909. The van der Waals surface area contributed by atoms with Crippen LogP contribution in [-0.4, -0.2) is 11.1 Å². The largest absolute Gasteiger partial charge is 0.351 e. The molecule has 0 aliphatic heterocycles. The Morgan fingerprint density at radius 1 is 1.38 bits per heavy atom. The minimum atomic E-state index is -0.308. The third-order valence-electron chi connectivity index (χ3n) is 2.06. The van der Waals surface area contributed by atoms with Crippen LogP contribution in [0.5, 0.6) is 0 Å². The SMILES string of the molecule is O=C(NCc1ccccc1Cl)c1ccno1. The standard InChI is InChI=1S/C11H9ClN2O2/c12-9-4-2-1-3-8(9)7-13-11(15)10-5-6-14-16-10/h1-6H,7H2,(H,13,15). The highest BCUT2D eigenvalue weighted by Crippen LogP contribution is 2.14. The van der Waals surface area contributed by atoms with Crippen molar-refractivity contribution in [2.75, 3.05) is 0 Å². The third-order valence-corrected chi connectivity index (χ3v) is 2.43. The van der Waals surface area contributed by atoms with Crippen LogP contribution in [0.1, 0.15) is 16.1 Å². The number of rotatable bonds is 3. The monoisotopic (exact) mass is 236 g/mol. The van der Waals surface area contributed by atoms with E-state index in [1.54, 1.807) is 6.07 Å². The molecule has 4 nitrogen and oxygen atoms in total. The van der Waals surface area contributed by atoms with E-state index in [9.17, 15) is 4.79 Å². The maximum absolute atomic E-state index is 11.5. The molecule has 5 heteroatoms. The lowest BCUT2D eigenvalue weighted by Crippen LogP contribution is -2.22. The summed E-state index contributed by atoms with van der Waals surface area (Å²) in [5.41, 5.74) is 0.858. The number of amides is 1. The van der Waals surface area contributed by atoms with Crippen LogP contribution in [0.2, 0.25) is 5.02 Å². The van der Waals surface area contributed by atoms with Crippen LogP contribution in [0.15, 0.2) is 41.1 Å². The molecule has 2 aromatic rings. The zero-order valence-electron chi connectivity index (χ0n) is 8.31. The predicted molar refractivity (Wildman–Crippen MR) is 59.1 cm³/mol. The van der Waals surface area contributed by atoms with Crippen molar-refractivity contribution in [2.45, 2.75) is 6.54 Å². The molecule has 0 saturated heterocycles. The molecular formula is C11H9ClN2O2. The zero-order valence-corrected chi connectivity index (χ0v) is 9.07. The first-order valence-electron chi connectivity index (χ1n) is 4.69. The van der Waals surface area contributed by atoms with E-state index in [4.69, 9.17) is 16.1 Å². The minimum Gasteiger partial charge on any atom is -0.351 e. The molecule has 0 aliphatic carbocycles. The molecule has 1 aromatic heterocycles. The van der Waals surface area contributed by atoms with Gasteiger partial charge in [0, 0.05) is 17.6 Å². The van der Waals surface area contributed by atoms with Crippen LogP contribution in [0.4, 0.5) is 0 Å². The molecule has 0 saturated carbocycles. The minimum absolute atomic E-state index is 0.187. The summed E-state index contributed by atoms with van der Waals surface area (Å²) in [6.07, 6.45) is 1.42. The van der Waals surface area contributed by atoms with Crippen LogP contribution in [-0.2, 0) is 6.54 Å². The second kappa shape index (κ2) is 4.81. The topological polar surface area (TPSA) is 55.1 Å². The van der Waals surface area contributed by atoms with Gasteiger partial charge in [0.05, 0.1) is 6.20 Å². The summed E-state index contributed by atoms with van der Waals surface area (Å²) < 4.78 is 4.72. The van der Waals surface area contributed by atoms with Crippen molar-refractivity contribution in [3.05, 3.63) is 52.9 Å². The number of hydrogen-bond acceptors (Lipinski definition) is 3. The highest BCUT2D eigenvalue weighted by molar-refractivity contribution is 6.31. The molecule has 82 valence electrons. The van der Waals surface area contributed by atoms with Gasteiger partial charge in [-0.1, -0.05) is 35.0 Å². The van der Waals surface area contributed by atoms with E-state index < -0.39 is 0 Å².